The molecule has 0 bridgehead atoms. The van der Waals surface area contributed by atoms with Crippen LogP contribution < -0.4 is 10.5 Å². The third-order valence-electron chi connectivity index (χ3n) is 2.81. The second-order valence-corrected chi connectivity index (χ2v) is 4.53. The molecule has 2 nitrogen and oxygen atoms in total. The van der Waals surface area contributed by atoms with Crippen LogP contribution in [0.15, 0.2) is 42.5 Å². The highest BCUT2D eigenvalue weighted by atomic mass is 19.4. The maximum atomic E-state index is 12.5. The summed E-state index contributed by atoms with van der Waals surface area (Å²) in [6.07, 6.45) is -4.40. The van der Waals surface area contributed by atoms with Crippen molar-refractivity contribution in [2.75, 3.05) is 5.73 Å². The van der Waals surface area contributed by atoms with Crippen molar-refractivity contribution in [2.45, 2.75) is 19.7 Å². The molecule has 0 aliphatic rings. The van der Waals surface area contributed by atoms with E-state index in [2.05, 4.69) is 0 Å². The van der Waals surface area contributed by atoms with E-state index in [4.69, 9.17) is 10.5 Å². The molecular weight excluding hydrogens is 267 g/mol. The normalized spacial score (nSPS) is 11.4. The van der Waals surface area contributed by atoms with E-state index in [1.54, 1.807) is 0 Å². The number of halogens is 3. The Labute approximate surface area is 115 Å². The molecule has 2 aromatic rings. The Bertz CT molecular complexity index is 608. The number of benzene rings is 2. The van der Waals surface area contributed by atoms with Gasteiger partial charge in [-0.2, -0.15) is 13.2 Å². The van der Waals surface area contributed by atoms with E-state index in [0.717, 1.165) is 23.3 Å². The molecule has 0 aromatic heterocycles. The van der Waals surface area contributed by atoms with Crippen LogP contribution in [0.4, 0.5) is 18.9 Å². The molecule has 5 heteroatoms. The first-order valence-electron chi connectivity index (χ1n) is 6.01. The summed E-state index contributed by atoms with van der Waals surface area (Å²) < 4.78 is 42.9. The van der Waals surface area contributed by atoms with Crippen molar-refractivity contribution in [1.29, 1.82) is 0 Å². The number of hydrogen-bond donors (Lipinski definition) is 1. The Morgan fingerprint density at radius 2 is 1.85 bits per heavy atom. The van der Waals surface area contributed by atoms with E-state index in [1.165, 1.54) is 6.07 Å². The first-order chi connectivity index (χ1) is 9.36. The van der Waals surface area contributed by atoms with Crippen LogP contribution in [0.2, 0.25) is 0 Å². The van der Waals surface area contributed by atoms with Crippen molar-refractivity contribution < 1.29 is 17.9 Å². The van der Waals surface area contributed by atoms with Gasteiger partial charge in [0.15, 0.2) is 0 Å². The van der Waals surface area contributed by atoms with Crippen LogP contribution in [-0.4, -0.2) is 0 Å². The summed E-state index contributed by atoms with van der Waals surface area (Å²) in [4.78, 5) is 0. The van der Waals surface area contributed by atoms with Crippen molar-refractivity contribution in [3.8, 4) is 5.75 Å². The zero-order valence-corrected chi connectivity index (χ0v) is 10.9. The zero-order valence-electron chi connectivity index (χ0n) is 10.9. The molecule has 0 heterocycles. The smallest absolute Gasteiger partial charge is 0.416 e. The molecular formula is C15H14F3NO. The summed E-state index contributed by atoms with van der Waals surface area (Å²) in [7, 11) is 0. The standard InChI is InChI=1S/C15H14F3NO/c1-10-3-2-4-11(7-10)9-20-14-6-5-12(8-13(14)19)15(16,17)18/h2-8H,9,19H2,1H3. The molecule has 20 heavy (non-hydrogen) atoms. The fraction of sp³-hybridized carbons (Fsp3) is 0.200. The summed E-state index contributed by atoms with van der Waals surface area (Å²) in [5.41, 5.74) is 6.81. The minimum Gasteiger partial charge on any atom is -0.487 e. The number of alkyl halides is 3. The van der Waals surface area contributed by atoms with Gasteiger partial charge in [-0.25, -0.2) is 0 Å². The number of ether oxygens (including phenoxy) is 1. The first kappa shape index (κ1) is 14.2. The first-order valence-corrected chi connectivity index (χ1v) is 6.01. The lowest BCUT2D eigenvalue weighted by molar-refractivity contribution is -0.137. The van der Waals surface area contributed by atoms with Crippen molar-refractivity contribution >= 4 is 5.69 Å². The van der Waals surface area contributed by atoms with Gasteiger partial charge in [-0.3, -0.25) is 0 Å². The molecule has 0 amide bonds. The largest absolute Gasteiger partial charge is 0.487 e. The van der Waals surface area contributed by atoms with Crippen molar-refractivity contribution in [2.24, 2.45) is 0 Å². The molecule has 0 saturated heterocycles. The fourth-order valence-electron chi connectivity index (χ4n) is 1.82. The highest BCUT2D eigenvalue weighted by Gasteiger charge is 2.30. The second-order valence-electron chi connectivity index (χ2n) is 4.53. The molecule has 0 aliphatic heterocycles. The molecule has 2 N–H and O–H groups in total. The fourth-order valence-corrected chi connectivity index (χ4v) is 1.82. The van der Waals surface area contributed by atoms with Crippen molar-refractivity contribution in [1.82, 2.24) is 0 Å². The maximum Gasteiger partial charge on any atom is 0.416 e. The van der Waals surface area contributed by atoms with E-state index >= 15 is 0 Å². The summed E-state index contributed by atoms with van der Waals surface area (Å²) in [5, 5.41) is 0. The molecule has 0 radical (unpaired) electrons. The summed E-state index contributed by atoms with van der Waals surface area (Å²) in [6.45, 7) is 2.22. The van der Waals surface area contributed by atoms with Crippen molar-refractivity contribution in [3.63, 3.8) is 0 Å². The Morgan fingerprint density at radius 1 is 1.10 bits per heavy atom. The zero-order chi connectivity index (χ0) is 14.8. The van der Waals surface area contributed by atoms with E-state index in [0.29, 0.717) is 0 Å². The number of nitrogen functional groups attached to an aromatic ring is 1. The molecule has 0 aliphatic carbocycles. The number of anilines is 1. The third kappa shape index (κ3) is 3.44. The minimum atomic E-state index is -4.40. The van der Waals surface area contributed by atoms with Crippen LogP contribution in [0.5, 0.6) is 5.75 Å². The maximum absolute atomic E-state index is 12.5. The number of hydrogen-bond acceptors (Lipinski definition) is 2. The molecule has 106 valence electrons. The van der Waals surface area contributed by atoms with Gasteiger partial charge in [0.25, 0.3) is 0 Å². The molecule has 0 saturated carbocycles. The number of aryl methyl sites for hydroxylation is 1. The molecule has 0 atom stereocenters. The van der Waals surface area contributed by atoms with E-state index < -0.39 is 11.7 Å². The quantitative estimate of drug-likeness (QED) is 0.857. The van der Waals surface area contributed by atoms with Crippen LogP contribution in [-0.2, 0) is 12.8 Å². The number of nitrogens with two attached hydrogens (primary N) is 1. The van der Waals surface area contributed by atoms with E-state index in [9.17, 15) is 13.2 Å². The van der Waals surface area contributed by atoms with Crippen molar-refractivity contribution in [3.05, 3.63) is 59.2 Å². The van der Waals surface area contributed by atoms with Gasteiger partial charge in [-0.05, 0) is 30.7 Å². The number of rotatable bonds is 3. The van der Waals surface area contributed by atoms with Gasteiger partial charge in [-0.1, -0.05) is 29.8 Å². The van der Waals surface area contributed by atoms with Gasteiger partial charge in [0.1, 0.15) is 12.4 Å². The van der Waals surface area contributed by atoms with Gasteiger partial charge in [0.2, 0.25) is 0 Å². The van der Waals surface area contributed by atoms with E-state index in [1.807, 2.05) is 31.2 Å². The average molecular weight is 281 g/mol. The minimum absolute atomic E-state index is 0.0209. The van der Waals surface area contributed by atoms with Gasteiger partial charge in [0.05, 0.1) is 11.3 Å². The predicted molar refractivity (Wildman–Crippen MR) is 71.4 cm³/mol. The predicted octanol–water partition coefficient (Wildman–Crippen LogP) is 4.18. The molecule has 0 unspecified atom stereocenters. The molecule has 2 rings (SSSR count). The lowest BCUT2D eigenvalue weighted by Crippen LogP contribution is -2.06. The summed E-state index contributed by atoms with van der Waals surface area (Å²) in [5.74, 6) is 0.250. The van der Waals surface area contributed by atoms with Gasteiger partial charge in [0, 0.05) is 0 Å². The Balaban J connectivity index is 2.11. The second kappa shape index (κ2) is 5.45. The van der Waals surface area contributed by atoms with Gasteiger partial charge >= 0.3 is 6.18 Å². The monoisotopic (exact) mass is 281 g/mol. The Kier molecular flexibility index (Phi) is 3.88. The summed E-state index contributed by atoms with van der Waals surface area (Å²) in [6, 6.07) is 10.8. The lowest BCUT2D eigenvalue weighted by Gasteiger charge is -2.12. The van der Waals surface area contributed by atoms with Crippen LogP contribution in [0, 0.1) is 6.92 Å². The SMILES string of the molecule is Cc1cccc(COc2ccc(C(F)(F)F)cc2N)c1. The van der Waals surface area contributed by atoms with Crippen LogP contribution in [0.1, 0.15) is 16.7 Å². The highest BCUT2D eigenvalue weighted by Crippen LogP contribution is 2.33. The Morgan fingerprint density at radius 3 is 2.45 bits per heavy atom. The highest BCUT2D eigenvalue weighted by molar-refractivity contribution is 5.54. The topological polar surface area (TPSA) is 35.2 Å². The van der Waals surface area contributed by atoms with Crippen LogP contribution in [0.3, 0.4) is 0 Å². The molecule has 0 fully saturated rings. The van der Waals surface area contributed by atoms with Gasteiger partial charge in [-0.15, -0.1) is 0 Å². The molecule has 2 aromatic carbocycles. The van der Waals surface area contributed by atoms with Gasteiger partial charge < -0.3 is 10.5 Å². The molecule has 0 spiro atoms. The third-order valence-corrected chi connectivity index (χ3v) is 2.81. The average Bonchev–Trinajstić information content (AvgIpc) is 2.36. The van der Waals surface area contributed by atoms with Crippen LogP contribution in [0.25, 0.3) is 0 Å². The van der Waals surface area contributed by atoms with Crippen LogP contribution >= 0.6 is 0 Å². The summed E-state index contributed by atoms with van der Waals surface area (Å²) >= 11 is 0. The van der Waals surface area contributed by atoms with E-state index in [-0.39, 0.29) is 18.0 Å². The lowest BCUT2D eigenvalue weighted by atomic mass is 10.1. The Hall–Kier alpha value is -2.17.